The second kappa shape index (κ2) is 12.5. The van der Waals surface area contributed by atoms with Crippen LogP contribution in [0.5, 0.6) is 0 Å². The second-order valence-electron chi connectivity index (χ2n) is 6.02. The van der Waals surface area contributed by atoms with E-state index in [9.17, 15) is 4.79 Å². The third-order valence-corrected chi connectivity index (χ3v) is 3.74. The summed E-state index contributed by atoms with van der Waals surface area (Å²) in [5, 5.41) is 0. The van der Waals surface area contributed by atoms with Gasteiger partial charge in [-0.1, -0.05) is 72.1 Å². The lowest BCUT2D eigenvalue weighted by Crippen LogP contribution is -2.19. The van der Waals surface area contributed by atoms with Crippen LogP contribution in [0.25, 0.3) is 0 Å². The maximum Gasteiger partial charge on any atom is 0.306 e. The van der Waals surface area contributed by atoms with Crippen molar-refractivity contribution in [3.63, 3.8) is 0 Å². The highest BCUT2D eigenvalue weighted by Gasteiger charge is 2.12. The maximum atomic E-state index is 11.5. The maximum absolute atomic E-state index is 11.5. The molecule has 0 saturated heterocycles. The molecule has 0 aliphatic heterocycles. The van der Waals surface area contributed by atoms with Gasteiger partial charge in [-0.3, -0.25) is 4.79 Å². The summed E-state index contributed by atoms with van der Waals surface area (Å²) in [4.78, 5) is 11.5. The fraction of sp³-hybridized carbons (Fsp3) is 0.941. The first-order chi connectivity index (χ1) is 9.07. The quantitative estimate of drug-likeness (QED) is 0.346. The SMILES string of the molecule is CCCCCCCCCCCC(=O)OC(C)C(C)C. The van der Waals surface area contributed by atoms with Gasteiger partial charge in [0.15, 0.2) is 0 Å². The van der Waals surface area contributed by atoms with Gasteiger partial charge in [-0.25, -0.2) is 0 Å². The van der Waals surface area contributed by atoms with Gasteiger partial charge in [-0.15, -0.1) is 0 Å². The summed E-state index contributed by atoms with van der Waals surface area (Å²) in [6, 6.07) is 0. The van der Waals surface area contributed by atoms with Crippen molar-refractivity contribution in [2.24, 2.45) is 5.92 Å². The van der Waals surface area contributed by atoms with E-state index in [0.717, 1.165) is 6.42 Å². The molecule has 0 aliphatic rings. The van der Waals surface area contributed by atoms with E-state index >= 15 is 0 Å². The fourth-order valence-corrected chi connectivity index (χ4v) is 1.98. The second-order valence-corrected chi connectivity index (χ2v) is 6.02. The highest BCUT2D eigenvalue weighted by molar-refractivity contribution is 5.69. The van der Waals surface area contributed by atoms with E-state index in [4.69, 9.17) is 4.74 Å². The lowest BCUT2D eigenvalue weighted by Gasteiger charge is -2.16. The van der Waals surface area contributed by atoms with Crippen LogP contribution in [-0.4, -0.2) is 12.1 Å². The zero-order valence-electron chi connectivity index (χ0n) is 13.5. The Labute approximate surface area is 120 Å². The summed E-state index contributed by atoms with van der Waals surface area (Å²) in [6.07, 6.45) is 12.2. The third kappa shape index (κ3) is 12.3. The lowest BCUT2D eigenvalue weighted by atomic mass is 10.1. The van der Waals surface area contributed by atoms with Crippen LogP contribution in [0.2, 0.25) is 0 Å². The number of ether oxygens (including phenoxy) is 1. The largest absolute Gasteiger partial charge is 0.462 e. The van der Waals surface area contributed by atoms with Gasteiger partial charge >= 0.3 is 5.97 Å². The topological polar surface area (TPSA) is 26.3 Å². The van der Waals surface area contributed by atoms with Crippen LogP contribution >= 0.6 is 0 Å². The van der Waals surface area contributed by atoms with Crippen molar-refractivity contribution >= 4 is 5.97 Å². The average Bonchev–Trinajstić information content (AvgIpc) is 2.36. The van der Waals surface area contributed by atoms with Gasteiger partial charge in [0.25, 0.3) is 0 Å². The van der Waals surface area contributed by atoms with Gasteiger partial charge in [-0.05, 0) is 19.3 Å². The van der Waals surface area contributed by atoms with Crippen molar-refractivity contribution in [3.8, 4) is 0 Å². The van der Waals surface area contributed by atoms with Crippen LogP contribution < -0.4 is 0 Å². The smallest absolute Gasteiger partial charge is 0.306 e. The molecule has 1 atom stereocenters. The van der Waals surface area contributed by atoms with Crippen molar-refractivity contribution in [3.05, 3.63) is 0 Å². The molecule has 0 rings (SSSR count). The molecule has 0 amide bonds. The molecule has 0 N–H and O–H groups in total. The van der Waals surface area contributed by atoms with Gasteiger partial charge in [0.05, 0.1) is 0 Å². The number of carbonyl (C=O) groups is 1. The summed E-state index contributed by atoms with van der Waals surface area (Å²) in [6.45, 7) is 8.38. The van der Waals surface area contributed by atoms with E-state index in [2.05, 4.69) is 20.8 Å². The molecule has 114 valence electrons. The van der Waals surface area contributed by atoms with Gasteiger partial charge < -0.3 is 4.74 Å². The number of hydrogen-bond acceptors (Lipinski definition) is 2. The molecule has 0 aromatic rings. The van der Waals surface area contributed by atoms with E-state index in [1.807, 2.05) is 6.92 Å². The van der Waals surface area contributed by atoms with Crippen LogP contribution in [0.1, 0.15) is 91.9 Å². The Balaban J connectivity index is 3.27. The van der Waals surface area contributed by atoms with Crippen molar-refractivity contribution in [2.75, 3.05) is 0 Å². The molecule has 0 heterocycles. The summed E-state index contributed by atoms with van der Waals surface area (Å²) < 4.78 is 5.34. The Morgan fingerprint density at radius 2 is 1.32 bits per heavy atom. The Kier molecular flexibility index (Phi) is 12.2. The third-order valence-electron chi connectivity index (χ3n) is 3.74. The normalized spacial score (nSPS) is 12.7. The van der Waals surface area contributed by atoms with Crippen molar-refractivity contribution < 1.29 is 9.53 Å². The van der Waals surface area contributed by atoms with E-state index in [1.54, 1.807) is 0 Å². The first-order valence-corrected chi connectivity index (χ1v) is 8.27. The first-order valence-electron chi connectivity index (χ1n) is 8.27. The molecule has 1 unspecified atom stereocenters. The molecular weight excluding hydrogens is 236 g/mol. The van der Waals surface area contributed by atoms with Gasteiger partial charge in [-0.2, -0.15) is 0 Å². The molecule has 0 fully saturated rings. The Morgan fingerprint density at radius 1 is 0.842 bits per heavy atom. The molecule has 0 radical (unpaired) electrons. The number of rotatable bonds is 12. The molecule has 0 aromatic heterocycles. The summed E-state index contributed by atoms with van der Waals surface area (Å²) >= 11 is 0. The number of carbonyl (C=O) groups excluding carboxylic acids is 1. The number of esters is 1. The Morgan fingerprint density at radius 3 is 1.79 bits per heavy atom. The predicted octanol–water partition coefficient (Wildman–Crippen LogP) is 5.50. The molecule has 0 bridgehead atoms. The van der Waals surface area contributed by atoms with Crippen molar-refractivity contribution in [1.82, 2.24) is 0 Å². The zero-order chi connectivity index (χ0) is 14.5. The number of unbranched alkanes of at least 4 members (excludes halogenated alkanes) is 8. The Hall–Kier alpha value is -0.530. The minimum absolute atomic E-state index is 0.0239. The molecule has 0 aliphatic carbocycles. The minimum Gasteiger partial charge on any atom is -0.462 e. The highest BCUT2D eigenvalue weighted by atomic mass is 16.5. The number of hydrogen-bond donors (Lipinski definition) is 0. The van der Waals surface area contributed by atoms with Crippen LogP contribution in [-0.2, 0) is 9.53 Å². The molecule has 0 aromatic carbocycles. The fourth-order valence-electron chi connectivity index (χ4n) is 1.98. The lowest BCUT2D eigenvalue weighted by molar-refractivity contribution is -0.150. The van der Waals surface area contributed by atoms with Crippen LogP contribution in [0.4, 0.5) is 0 Å². The van der Waals surface area contributed by atoms with Crippen LogP contribution in [0.3, 0.4) is 0 Å². The molecule has 0 spiro atoms. The summed E-state index contributed by atoms with van der Waals surface area (Å²) in [7, 11) is 0. The van der Waals surface area contributed by atoms with Gasteiger partial charge in [0.1, 0.15) is 6.10 Å². The van der Waals surface area contributed by atoms with E-state index < -0.39 is 0 Å². The molecular formula is C17H34O2. The minimum atomic E-state index is -0.0239. The van der Waals surface area contributed by atoms with E-state index in [0.29, 0.717) is 12.3 Å². The summed E-state index contributed by atoms with van der Waals surface area (Å²) in [5.41, 5.74) is 0. The highest BCUT2D eigenvalue weighted by Crippen LogP contribution is 2.12. The van der Waals surface area contributed by atoms with E-state index in [1.165, 1.54) is 51.4 Å². The molecule has 0 saturated carbocycles. The Bertz CT molecular complexity index is 211. The molecule has 2 heteroatoms. The van der Waals surface area contributed by atoms with Crippen molar-refractivity contribution in [2.45, 2.75) is 98.0 Å². The van der Waals surface area contributed by atoms with Gasteiger partial charge in [0.2, 0.25) is 0 Å². The first kappa shape index (κ1) is 18.5. The monoisotopic (exact) mass is 270 g/mol. The standard InChI is InChI=1S/C17H34O2/c1-5-6-7-8-9-10-11-12-13-14-17(18)19-16(4)15(2)3/h15-16H,5-14H2,1-4H3. The average molecular weight is 270 g/mol. The van der Waals surface area contributed by atoms with E-state index in [-0.39, 0.29) is 12.1 Å². The molecule has 2 nitrogen and oxygen atoms in total. The van der Waals surface area contributed by atoms with Crippen molar-refractivity contribution in [1.29, 1.82) is 0 Å². The van der Waals surface area contributed by atoms with Gasteiger partial charge in [0, 0.05) is 6.42 Å². The van der Waals surface area contributed by atoms with Crippen LogP contribution in [0.15, 0.2) is 0 Å². The molecule has 19 heavy (non-hydrogen) atoms. The summed E-state index contributed by atoms with van der Waals surface area (Å²) in [5.74, 6) is 0.385. The van der Waals surface area contributed by atoms with Crippen LogP contribution in [0, 0.1) is 5.92 Å². The predicted molar refractivity (Wildman–Crippen MR) is 82.2 cm³/mol. The zero-order valence-corrected chi connectivity index (χ0v) is 13.5.